The van der Waals surface area contributed by atoms with Crippen molar-refractivity contribution in [1.82, 2.24) is 25.1 Å². The molecule has 1 amide bonds. The van der Waals surface area contributed by atoms with Crippen LogP contribution in [0, 0.1) is 11.8 Å². The lowest BCUT2D eigenvalue weighted by molar-refractivity contribution is -0.123. The van der Waals surface area contributed by atoms with Crippen molar-refractivity contribution in [3.05, 3.63) is 35.7 Å². The molecule has 2 N–H and O–H groups in total. The fourth-order valence-corrected chi connectivity index (χ4v) is 3.79. The van der Waals surface area contributed by atoms with Gasteiger partial charge in [-0.3, -0.25) is 9.69 Å². The standard InChI is InChI=1S/C19H28N6O2/c1-13(2)17(24-10-8-15(9-11-24)18(20)26)19-21-22-23-25(19)12-14-4-6-16(27-3)7-5-14/h4-7,13,15,17H,8-12H2,1-3H3,(H2,20,26). The fraction of sp³-hybridized carbons (Fsp3) is 0.579. The summed E-state index contributed by atoms with van der Waals surface area (Å²) < 4.78 is 7.08. The first-order valence-electron chi connectivity index (χ1n) is 9.42. The van der Waals surface area contributed by atoms with Crippen LogP contribution in [0.25, 0.3) is 0 Å². The molecule has 2 aromatic rings. The molecule has 1 unspecified atom stereocenters. The maximum atomic E-state index is 11.5. The van der Waals surface area contributed by atoms with Gasteiger partial charge in [0.25, 0.3) is 0 Å². The van der Waals surface area contributed by atoms with Crippen molar-refractivity contribution in [2.24, 2.45) is 17.6 Å². The van der Waals surface area contributed by atoms with E-state index in [-0.39, 0.29) is 17.9 Å². The van der Waals surface area contributed by atoms with Gasteiger partial charge in [0.05, 0.1) is 19.7 Å². The Bertz CT molecular complexity index is 750. The van der Waals surface area contributed by atoms with Gasteiger partial charge in [0, 0.05) is 5.92 Å². The Morgan fingerprint density at radius 3 is 2.48 bits per heavy atom. The summed E-state index contributed by atoms with van der Waals surface area (Å²) in [6.45, 7) is 6.61. The minimum atomic E-state index is -0.194. The maximum Gasteiger partial charge on any atom is 0.220 e. The lowest BCUT2D eigenvalue weighted by Gasteiger charge is -2.38. The van der Waals surface area contributed by atoms with Gasteiger partial charge in [0.2, 0.25) is 5.91 Å². The Morgan fingerprint density at radius 2 is 1.93 bits per heavy atom. The fourth-order valence-electron chi connectivity index (χ4n) is 3.79. The number of rotatable bonds is 7. The number of ether oxygens (including phenoxy) is 1. The average molecular weight is 372 g/mol. The topological polar surface area (TPSA) is 99.2 Å². The molecule has 0 radical (unpaired) electrons. The van der Waals surface area contributed by atoms with Crippen molar-refractivity contribution in [1.29, 1.82) is 0 Å². The zero-order chi connectivity index (χ0) is 19.4. The minimum Gasteiger partial charge on any atom is -0.497 e. The molecule has 1 aliphatic rings. The van der Waals surface area contributed by atoms with Gasteiger partial charge >= 0.3 is 0 Å². The summed E-state index contributed by atoms with van der Waals surface area (Å²) in [5, 5.41) is 12.5. The van der Waals surface area contributed by atoms with Crippen LogP contribution < -0.4 is 10.5 Å². The molecule has 0 spiro atoms. The van der Waals surface area contributed by atoms with Crippen LogP contribution in [0.15, 0.2) is 24.3 Å². The van der Waals surface area contributed by atoms with Crippen molar-refractivity contribution >= 4 is 5.91 Å². The number of nitrogens with two attached hydrogens (primary N) is 1. The highest BCUT2D eigenvalue weighted by Crippen LogP contribution is 2.31. The van der Waals surface area contributed by atoms with E-state index < -0.39 is 0 Å². The minimum absolute atomic E-state index is 0.0237. The van der Waals surface area contributed by atoms with Crippen LogP contribution in [0.4, 0.5) is 0 Å². The lowest BCUT2D eigenvalue weighted by atomic mass is 9.92. The number of tetrazole rings is 1. The first-order chi connectivity index (χ1) is 13.0. The zero-order valence-electron chi connectivity index (χ0n) is 16.2. The molecule has 8 nitrogen and oxygen atoms in total. The molecular formula is C19H28N6O2. The Kier molecular flexibility index (Phi) is 6.05. The van der Waals surface area contributed by atoms with Gasteiger partial charge in [0.15, 0.2) is 5.82 Å². The summed E-state index contributed by atoms with van der Waals surface area (Å²) >= 11 is 0. The number of amides is 1. The van der Waals surface area contributed by atoms with Crippen molar-refractivity contribution < 1.29 is 9.53 Å². The monoisotopic (exact) mass is 372 g/mol. The van der Waals surface area contributed by atoms with Gasteiger partial charge < -0.3 is 10.5 Å². The molecule has 1 saturated heterocycles. The zero-order valence-corrected chi connectivity index (χ0v) is 16.2. The van der Waals surface area contributed by atoms with E-state index in [2.05, 4.69) is 34.3 Å². The summed E-state index contributed by atoms with van der Waals surface area (Å²) in [6.07, 6.45) is 1.58. The molecule has 1 aromatic heterocycles. The van der Waals surface area contributed by atoms with Crippen LogP contribution in [0.3, 0.4) is 0 Å². The number of hydrogen-bond acceptors (Lipinski definition) is 6. The van der Waals surface area contributed by atoms with Crippen LogP contribution in [-0.2, 0) is 11.3 Å². The van der Waals surface area contributed by atoms with Crippen LogP contribution in [0.5, 0.6) is 5.75 Å². The third-order valence-electron chi connectivity index (χ3n) is 5.27. The summed E-state index contributed by atoms with van der Waals surface area (Å²) in [6, 6.07) is 8.02. The van der Waals surface area contributed by atoms with Crippen LogP contribution in [0.2, 0.25) is 0 Å². The number of piperidine rings is 1. The first kappa shape index (κ1) is 19.3. The molecule has 1 aliphatic heterocycles. The molecule has 1 aromatic carbocycles. The van der Waals surface area contributed by atoms with Crippen molar-refractivity contribution in [3.8, 4) is 5.75 Å². The highest BCUT2D eigenvalue weighted by atomic mass is 16.5. The Labute approximate surface area is 159 Å². The molecule has 146 valence electrons. The molecule has 2 heterocycles. The number of hydrogen-bond donors (Lipinski definition) is 1. The number of nitrogens with zero attached hydrogens (tertiary/aromatic N) is 5. The third-order valence-corrected chi connectivity index (χ3v) is 5.27. The molecule has 0 aliphatic carbocycles. The van der Waals surface area contributed by atoms with E-state index in [4.69, 9.17) is 10.5 Å². The molecule has 8 heteroatoms. The Hall–Kier alpha value is -2.48. The van der Waals surface area contributed by atoms with Gasteiger partial charge in [-0.15, -0.1) is 5.10 Å². The quantitative estimate of drug-likeness (QED) is 0.793. The summed E-state index contributed by atoms with van der Waals surface area (Å²) in [5.41, 5.74) is 6.58. The number of carbonyl (C=O) groups is 1. The number of carbonyl (C=O) groups excluding carboxylic acids is 1. The highest BCUT2D eigenvalue weighted by Gasteiger charge is 2.33. The number of likely N-dealkylation sites (tertiary alicyclic amines) is 1. The lowest BCUT2D eigenvalue weighted by Crippen LogP contribution is -2.42. The number of benzene rings is 1. The number of aromatic nitrogens is 4. The van der Waals surface area contributed by atoms with Gasteiger partial charge in [-0.25, -0.2) is 4.68 Å². The SMILES string of the molecule is COc1ccc(Cn2nnnc2C(C(C)C)N2CCC(C(N)=O)CC2)cc1. The smallest absolute Gasteiger partial charge is 0.220 e. The summed E-state index contributed by atoms with van der Waals surface area (Å²) in [4.78, 5) is 13.8. The molecule has 3 rings (SSSR count). The van der Waals surface area contributed by atoms with Crippen molar-refractivity contribution in [2.75, 3.05) is 20.2 Å². The van der Waals surface area contributed by atoms with Crippen LogP contribution in [-0.4, -0.2) is 51.2 Å². The van der Waals surface area contributed by atoms with Gasteiger partial charge in [-0.2, -0.15) is 0 Å². The molecular weight excluding hydrogens is 344 g/mol. The predicted molar refractivity (Wildman–Crippen MR) is 101 cm³/mol. The predicted octanol–water partition coefficient (Wildman–Crippen LogP) is 1.62. The Morgan fingerprint density at radius 1 is 1.26 bits per heavy atom. The van der Waals surface area contributed by atoms with E-state index in [0.717, 1.165) is 43.1 Å². The third kappa shape index (κ3) is 4.44. The van der Waals surface area contributed by atoms with Gasteiger partial charge in [-0.1, -0.05) is 26.0 Å². The second-order valence-corrected chi connectivity index (χ2v) is 7.44. The van der Waals surface area contributed by atoms with E-state index in [1.165, 1.54) is 0 Å². The molecule has 1 fully saturated rings. The van der Waals surface area contributed by atoms with E-state index in [0.29, 0.717) is 12.5 Å². The van der Waals surface area contributed by atoms with Gasteiger partial charge in [-0.05, 0) is 60.0 Å². The Balaban J connectivity index is 1.77. The van der Waals surface area contributed by atoms with E-state index in [9.17, 15) is 4.79 Å². The highest BCUT2D eigenvalue weighted by molar-refractivity contribution is 5.76. The average Bonchev–Trinajstić information content (AvgIpc) is 3.10. The van der Waals surface area contributed by atoms with E-state index in [1.807, 2.05) is 28.9 Å². The van der Waals surface area contributed by atoms with Crippen molar-refractivity contribution in [3.63, 3.8) is 0 Å². The molecule has 27 heavy (non-hydrogen) atoms. The van der Waals surface area contributed by atoms with Crippen LogP contribution >= 0.6 is 0 Å². The van der Waals surface area contributed by atoms with Crippen molar-refractivity contribution in [2.45, 2.75) is 39.3 Å². The second kappa shape index (κ2) is 8.47. The summed E-state index contributed by atoms with van der Waals surface area (Å²) in [5.74, 6) is 1.81. The van der Waals surface area contributed by atoms with Crippen LogP contribution in [0.1, 0.15) is 44.1 Å². The molecule has 0 bridgehead atoms. The maximum absolute atomic E-state index is 11.5. The number of methoxy groups -OCH3 is 1. The second-order valence-electron chi connectivity index (χ2n) is 7.44. The van der Waals surface area contributed by atoms with Gasteiger partial charge in [0.1, 0.15) is 5.75 Å². The van der Waals surface area contributed by atoms with E-state index in [1.54, 1.807) is 7.11 Å². The van der Waals surface area contributed by atoms with E-state index >= 15 is 0 Å². The largest absolute Gasteiger partial charge is 0.497 e. The molecule has 0 saturated carbocycles. The first-order valence-corrected chi connectivity index (χ1v) is 9.42. The normalized spacial score (nSPS) is 17.2. The number of primary amides is 1. The molecule has 1 atom stereocenters. The summed E-state index contributed by atoms with van der Waals surface area (Å²) in [7, 11) is 1.66.